The van der Waals surface area contributed by atoms with Crippen molar-refractivity contribution in [1.82, 2.24) is 10.2 Å². The van der Waals surface area contributed by atoms with Gasteiger partial charge in [-0.25, -0.2) is 0 Å². The molecule has 0 atom stereocenters. The van der Waals surface area contributed by atoms with Gasteiger partial charge in [0.2, 0.25) is 0 Å². The van der Waals surface area contributed by atoms with Crippen molar-refractivity contribution in [1.29, 1.82) is 0 Å². The van der Waals surface area contributed by atoms with Crippen molar-refractivity contribution in [2.45, 2.75) is 45.6 Å². The molecule has 27 heavy (non-hydrogen) atoms. The topological polar surface area (TPSA) is 49.4 Å². The van der Waals surface area contributed by atoms with Crippen molar-refractivity contribution < 1.29 is 9.59 Å². The maximum absolute atomic E-state index is 12.8. The molecule has 0 radical (unpaired) electrons. The Morgan fingerprint density at radius 3 is 1.67 bits per heavy atom. The lowest BCUT2D eigenvalue weighted by Gasteiger charge is -2.24. The maximum Gasteiger partial charge on any atom is 0.311 e. The number of unbranched alkanes of at least 4 members (excludes halogenated alkanes) is 2. The molecule has 0 bridgehead atoms. The summed E-state index contributed by atoms with van der Waals surface area (Å²) in [6.45, 7) is 5.43. The second kappa shape index (κ2) is 11.2. The summed E-state index contributed by atoms with van der Waals surface area (Å²) in [7, 11) is 0. The first-order valence-corrected chi connectivity index (χ1v) is 9.87. The third-order valence-corrected chi connectivity index (χ3v) is 4.59. The average molecular weight is 367 g/mol. The molecule has 144 valence electrons. The number of nitrogens with one attached hydrogen (secondary N) is 1. The number of nitrogens with zero attached hydrogens (tertiary/aromatic N) is 1. The molecule has 0 aliphatic rings. The standard InChI is InChI=1S/C23H30N2O2/c1-3-5-17-25(18-6-4-2)23(27)22(26)24-21(19-13-9-7-10-14-19)20-15-11-8-12-16-20/h7-16,21H,3-6,17-18H2,1-2H3,(H,24,26). The van der Waals surface area contributed by atoms with Gasteiger partial charge in [0.1, 0.15) is 0 Å². The third kappa shape index (κ3) is 6.24. The van der Waals surface area contributed by atoms with Crippen LogP contribution in [0.25, 0.3) is 0 Å². The molecule has 4 nitrogen and oxygen atoms in total. The molecule has 2 rings (SSSR count). The zero-order valence-electron chi connectivity index (χ0n) is 16.4. The van der Waals surface area contributed by atoms with E-state index in [2.05, 4.69) is 19.2 Å². The lowest BCUT2D eigenvalue weighted by atomic mass is 9.98. The highest BCUT2D eigenvalue weighted by molar-refractivity contribution is 6.35. The summed E-state index contributed by atoms with van der Waals surface area (Å²) in [5, 5.41) is 2.95. The van der Waals surface area contributed by atoms with Gasteiger partial charge in [0.25, 0.3) is 0 Å². The largest absolute Gasteiger partial charge is 0.337 e. The van der Waals surface area contributed by atoms with Gasteiger partial charge >= 0.3 is 11.8 Å². The average Bonchev–Trinajstić information content (AvgIpc) is 2.72. The molecule has 0 aromatic heterocycles. The summed E-state index contributed by atoms with van der Waals surface area (Å²) in [6.07, 6.45) is 3.80. The highest BCUT2D eigenvalue weighted by Gasteiger charge is 2.25. The fourth-order valence-corrected chi connectivity index (χ4v) is 3.00. The first-order chi connectivity index (χ1) is 13.2. The maximum atomic E-state index is 12.8. The number of hydrogen-bond donors (Lipinski definition) is 1. The van der Waals surface area contributed by atoms with Gasteiger partial charge in [-0.2, -0.15) is 0 Å². The van der Waals surface area contributed by atoms with Gasteiger partial charge in [0.15, 0.2) is 0 Å². The van der Waals surface area contributed by atoms with E-state index in [-0.39, 0.29) is 6.04 Å². The van der Waals surface area contributed by atoms with Gasteiger partial charge in [0.05, 0.1) is 6.04 Å². The summed E-state index contributed by atoms with van der Waals surface area (Å²) < 4.78 is 0. The minimum absolute atomic E-state index is 0.344. The van der Waals surface area contributed by atoms with Crippen molar-refractivity contribution in [3.63, 3.8) is 0 Å². The molecule has 2 aromatic rings. The van der Waals surface area contributed by atoms with Gasteiger partial charge in [-0.1, -0.05) is 87.4 Å². The molecule has 0 heterocycles. The second-order valence-corrected chi connectivity index (χ2v) is 6.73. The molecular formula is C23H30N2O2. The Balaban J connectivity index is 2.17. The number of carbonyl (C=O) groups is 2. The Bertz CT molecular complexity index is 653. The minimum atomic E-state index is -0.542. The molecule has 0 aliphatic carbocycles. The summed E-state index contributed by atoms with van der Waals surface area (Å²) >= 11 is 0. The van der Waals surface area contributed by atoms with Crippen molar-refractivity contribution in [2.24, 2.45) is 0 Å². The molecule has 0 saturated carbocycles. The molecule has 4 heteroatoms. The SMILES string of the molecule is CCCCN(CCCC)C(=O)C(=O)NC(c1ccccc1)c1ccccc1. The van der Waals surface area contributed by atoms with Crippen LogP contribution in [0.3, 0.4) is 0 Å². The number of amides is 2. The van der Waals surface area contributed by atoms with E-state index in [9.17, 15) is 9.59 Å². The van der Waals surface area contributed by atoms with Gasteiger partial charge in [-0.05, 0) is 24.0 Å². The molecular weight excluding hydrogens is 336 g/mol. The highest BCUT2D eigenvalue weighted by Crippen LogP contribution is 2.21. The molecule has 0 fully saturated rings. The van der Waals surface area contributed by atoms with Gasteiger partial charge in [-0.15, -0.1) is 0 Å². The van der Waals surface area contributed by atoms with Gasteiger partial charge < -0.3 is 10.2 Å². The molecule has 1 N–H and O–H groups in total. The monoisotopic (exact) mass is 366 g/mol. The zero-order chi connectivity index (χ0) is 19.5. The van der Waals surface area contributed by atoms with Crippen LogP contribution in [-0.2, 0) is 9.59 Å². The molecule has 0 unspecified atom stereocenters. The minimum Gasteiger partial charge on any atom is -0.337 e. The van der Waals surface area contributed by atoms with Crippen LogP contribution in [0.2, 0.25) is 0 Å². The van der Waals surface area contributed by atoms with Crippen molar-refractivity contribution in [3.05, 3.63) is 71.8 Å². The number of benzene rings is 2. The first kappa shape index (κ1) is 20.7. The van der Waals surface area contributed by atoms with E-state index in [1.165, 1.54) is 0 Å². The first-order valence-electron chi connectivity index (χ1n) is 9.87. The van der Waals surface area contributed by atoms with E-state index in [0.29, 0.717) is 13.1 Å². The van der Waals surface area contributed by atoms with Crippen molar-refractivity contribution in [2.75, 3.05) is 13.1 Å². The molecule has 0 saturated heterocycles. The Labute approximate surface area is 162 Å². The Morgan fingerprint density at radius 2 is 1.26 bits per heavy atom. The van der Waals surface area contributed by atoms with E-state index < -0.39 is 11.8 Å². The fourth-order valence-electron chi connectivity index (χ4n) is 3.00. The van der Waals surface area contributed by atoms with E-state index in [1.807, 2.05) is 60.7 Å². The second-order valence-electron chi connectivity index (χ2n) is 6.73. The molecule has 0 spiro atoms. The van der Waals surface area contributed by atoms with Crippen LogP contribution in [0.5, 0.6) is 0 Å². The number of hydrogen-bond acceptors (Lipinski definition) is 2. The molecule has 2 aromatic carbocycles. The fraction of sp³-hybridized carbons (Fsp3) is 0.391. The lowest BCUT2D eigenvalue weighted by molar-refractivity contribution is -0.146. The van der Waals surface area contributed by atoms with Crippen molar-refractivity contribution >= 4 is 11.8 Å². The van der Waals surface area contributed by atoms with Gasteiger partial charge in [-0.3, -0.25) is 9.59 Å². The molecule has 0 aliphatic heterocycles. The number of carbonyl (C=O) groups excluding carboxylic acids is 2. The zero-order valence-corrected chi connectivity index (χ0v) is 16.4. The predicted molar refractivity (Wildman–Crippen MR) is 109 cm³/mol. The summed E-state index contributed by atoms with van der Waals surface area (Å²) in [6, 6.07) is 19.2. The summed E-state index contributed by atoms with van der Waals surface area (Å²) in [5.41, 5.74) is 1.91. The van der Waals surface area contributed by atoms with E-state index in [1.54, 1.807) is 4.90 Å². The van der Waals surface area contributed by atoms with Crippen LogP contribution >= 0.6 is 0 Å². The lowest BCUT2D eigenvalue weighted by Crippen LogP contribution is -2.45. The van der Waals surface area contributed by atoms with E-state index in [4.69, 9.17) is 0 Å². The van der Waals surface area contributed by atoms with Crippen LogP contribution in [0.1, 0.15) is 56.7 Å². The van der Waals surface area contributed by atoms with Crippen LogP contribution in [0, 0.1) is 0 Å². The summed E-state index contributed by atoms with van der Waals surface area (Å²) in [4.78, 5) is 27.2. The third-order valence-electron chi connectivity index (χ3n) is 4.59. The van der Waals surface area contributed by atoms with Crippen LogP contribution < -0.4 is 5.32 Å². The smallest absolute Gasteiger partial charge is 0.311 e. The Kier molecular flexibility index (Phi) is 8.56. The predicted octanol–water partition coefficient (Wildman–Crippen LogP) is 4.32. The summed E-state index contributed by atoms with van der Waals surface area (Å²) in [5.74, 6) is -0.978. The Hall–Kier alpha value is -2.62. The van der Waals surface area contributed by atoms with Crippen molar-refractivity contribution in [3.8, 4) is 0 Å². The molecule has 2 amide bonds. The van der Waals surface area contributed by atoms with Crippen LogP contribution in [0.4, 0.5) is 0 Å². The van der Waals surface area contributed by atoms with E-state index >= 15 is 0 Å². The van der Waals surface area contributed by atoms with Crippen LogP contribution in [0.15, 0.2) is 60.7 Å². The highest BCUT2D eigenvalue weighted by atomic mass is 16.2. The normalized spacial score (nSPS) is 10.6. The van der Waals surface area contributed by atoms with Gasteiger partial charge in [0, 0.05) is 13.1 Å². The van der Waals surface area contributed by atoms with Crippen LogP contribution in [-0.4, -0.2) is 29.8 Å². The quantitative estimate of drug-likeness (QED) is 0.672. The number of rotatable bonds is 9. The Morgan fingerprint density at radius 1 is 0.815 bits per heavy atom. The van der Waals surface area contributed by atoms with E-state index in [0.717, 1.165) is 36.8 Å².